The van der Waals surface area contributed by atoms with Crippen LogP contribution in [0.25, 0.3) is 0 Å². The number of hydrogen-bond donors (Lipinski definition) is 8. The number of rotatable bonds is 15. The largest absolute Gasteiger partial charge is 0.508 e. The van der Waals surface area contributed by atoms with E-state index in [2.05, 4.69) is 41.3 Å². The van der Waals surface area contributed by atoms with E-state index in [-0.39, 0.29) is 79.4 Å². The Morgan fingerprint density at radius 3 is 2.43 bits per heavy atom. The van der Waals surface area contributed by atoms with E-state index in [0.29, 0.717) is 37.7 Å². The molecule has 1 aromatic rings. The number of esters is 1. The van der Waals surface area contributed by atoms with E-state index >= 15 is 0 Å². The topological polar surface area (TPSA) is 253 Å². The molecule has 0 radical (unpaired) electrons. The van der Waals surface area contributed by atoms with Crippen LogP contribution in [0.2, 0.25) is 0 Å². The van der Waals surface area contributed by atoms with E-state index in [1.807, 2.05) is 45.9 Å². The average Bonchev–Trinajstić information content (AvgIpc) is 3.38. The maximum atomic E-state index is 14.5. The van der Waals surface area contributed by atoms with Crippen LogP contribution >= 0.6 is 0 Å². The number of nitrogens with one attached hydrogen (secondary N) is 4. The van der Waals surface area contributed by atoms with Crippen molar-refractivity contribution in [3.63, 3.8) is 0 Å². The number of nitrogens with zero attached hydrogens (tertiary/aromatic N) is 1. The van der Waals surface area contributed by atoms with Gasteiger partial charge in [0.2, 0.25) is 17.7 Å². The molecular weight excluding hydrogens is 983 g/mol. The number of ketones is 1. The van der Waals surface area contributed by atoms with Crippen molar-refractivity contribution in [2.45, 2.75) is 194 Å². The number of hydrogen-bond acceptors (Lipinski definition) is 13. The van der Waals surface area contributed by atoms with Crippen LogP contribution in [-0.2, 0) is 44.7 Å². The molecule has 2 bridgehead atoms. The number of benzene rings is 1. The minimum Gasteiger partial charge on any atom is -0.508 e. The van der Waals surface area contributed by atoms with Gasteiger partial charge in [0, 0.05) is 55.9 Å². The van der Waals surface area contributed by atoms with Crippen LogP contribution in [-0.4, -0.2) is 122 Å². The summed E-state index contributed by atoms with van der Waals surface area (Å²) in [6, 6.07) is 2.95. The summed E-state index contributed by atoms with van der Waals surface area (Å²) >= 11 is 0. The predicted octanol–water partition coefficient (Wildman–Crippen LogP) is 6.36. The number of ether oxygens (including phenoxy) is 2. The van der Waals surface area contributed by atoms with E-state index < -0.39 is 89.7 Å². The number of allylic oxidation sites excluding steroid dienone is 5. The predicted molar refractivity (Wildman–Crippen MR) is 294 cm³/mol. The minimum absolute atomic E-state index is 0.00834. The number of hydrazine groups is 1. The molecule has 1 aromatic carbocycles. The highest BCUT2D eigenvalue weighted by atomic mass is 16.5. The number of phenols is 1. The molecule has 4 amide bonds. The summed E-state index contributed by atoms with van der Waals surface area (Å²) in [5.74, 6) is -5.31. The average molecular weight is 1070 g/mol. The molecule has 4 heterocycles. The first-order chi connectivity index (χ1) is 36.5. The number of aliphatic hydroxyl groups is 3. The van der Waals surface area contributed by atoms with Crippen molar-refractivity contribution in [3.05, 3.63) is 89.6 Å². The zero-order chi connectivity index (χ0) is 56.7. The second kappa shape index (κ2) is 29.0. The SMILES string of the molecule is CC[C@H]1C[C@H](C)[C@@]2(NC1=O)O[C@@H](C[C@H](O)[C@@H](C)CC/C=C/C=C(\C)C1C/C=C/C=C/[C@H](O)[C@H](C)[C@@H](O)[C@@H](CCC(C)=O)C(=O)N[C@@H](C(C)C)C(=O)NC(Cc3cccc(O)c3)C(=O)N3CCC[C@H](N3)C(=O)O1)[C@H](C)C=C2C. The van der Waals surface area contributed by atoms with Crippen molar-refractivity contribution in [2.75, 3.05) is 6.54 Å². The van der Waals surface area contributed by atoms with E-state index in [1.54, 1.807) is 51.1 Å². The summed E-state index contributed by atoms with van der Waals surface area (Å²) in [5, 5.41) is 54.7. The monoisotopic (exact) mass is 1070 g/mol. The van der Waals surface area contributed by atoms with Gasteiger partial charge in [-0.2, -0.15) is 0 Å². The van der Waals surface area contributed by atoms with Crippen molar-refractivity contribution in [3.8, 4) is 5.75 Å². The Bertz CT molecular complexity index is 2360. The number of amides is 4. The molecule has 0 aliphatic carbocycles. The van der Waals surface area contributed by atoms with Gasteiger partial charge >= 0.3 is 5.97 Å². The van der Waals surface area contributed by atoms with Gasteiger partial charge in [0.15, 0.2) is 5.72 Å². The molecule has 2 saturated heterocycles. The molecule has 1 spiro atoms. The molecule has 17 heteroatoms. The van der Waals surface area contributed by atoms with Crippen LogP contribution in [0.4, 0.5) is 0 Å². The highest BCUT2D eigenvalue weighted by molar-refractivity contribution is 5.93. The Balaban J connectivity index is 1.35. The van der Waals surface area contributed by atoms with E-state index in [9.17, 15) is 49.2 Å². The highest BCUT2D eigenvalue weighted by Crippen LogP contribution is 2.43. The molecule has 0 aromatic heterocycles. The van der Waals surface area contributed by atoms with Crippen molar-refractivity contribution in [1.82, 2.24) is 26.4 Å². The Labute approximate surface area is 456 Å². The van der Waals surface area contributed by atoms with Crippen LogP contribution in [0.3, 0.4) is 0 Å². The molecule has 4 aliphatic rings. The summed E-state index contributed by atoms with van der Waals surface area (Å²) in [7, 11) is 0. The van der Waals surface area contributed by atoms with Crippen LogP contribution < -0.4 is 21.4 Å². The number of carbonyl (C=O) groups is 6. The van der Waals surface area contributed by atoms with Gasteiger partial charge in [-0.25, -0.2) is 5.43 Å². The molecule has 77 heavy (non-hydrogen) atoms. The summed E-state index contributed by atoms with van der Waals surface area (Å²) in [4.78, 5) is 82.1. The zero-order valence-corrected chi connectivity index (χ0v) is 47.1. The standard InChI is InChI=1S/C60H89N5O12/c1-11-44-31-40(8)60(63-55(44)71)39(7)30-38(6)52(77-60)34-50(69)36(4)20-14-12-15-21-37(5)51-26-17-13-16-25-49(68)42(10)54(70)46(28-27-41(9)66)56(72)62-53(35(2)3)57(73)61-48(33-43-22-18-23-45(67)32-43)58(74)65-29-19-24-47(64-65)59(75)76-51/h12-13,15-18,21-23,25,30,32,35-36,38,40,42,44,46-54,64,67-70H,11,14,19-20,24,26-29,31,33-34H2,1-10H3,(H,61,73)(H,62,72)(H,63,71)/b15-12+,17-13+,25-16+,37-21+/t36-,38+,40-,42-,44-,46+,47-,48?,49-,50-,51?,52-,53-,54+,60-/m0/s1. The third-order valence-corrected chi connectivity index (χ3v) is 16.2. The molecular formula is C60H89N5O12. The van der Waals surface area contributed by atoms with E-state index in [0.717, 1.165) is 24.0 Å². The lowest BCUT2D eigenvalue weighted by atomic mass is 9.75. The first-order valence-electron chi connectivity index (χ1n) is 28.0. The van der Waals surface area contributed by atoms with E-state index in [1.165, 1.54) is 30.1 Å². The number of aromatic hydroxyl groups is 1. The van der Waals surface area contributed by atoms with Crippen molar-refractivity contribution < 1.29 is 58.7 Å². The molecule has 0 saturated carbocycles. The number of fused-ring (bicyclic) bond motifs is 2. The normalized spacial score (nSPS) is 33.2. The van der Waals surface area contributed by atoms with Crippen LogP contribution in [0.5, 0.6) is 5.75 Å². The molecule has 2 fully saturated rings. The fourth-order valence-corrected chi connectivity index (χ4v) is 10.9. The van der Waals surface area contributed by atoms with Crippen molar-refractivity contribution in [1.29, 1.82) is 0 Å². The Hall–Kier alpha value is -5.46. The quantitative estimate of drug-likeness (QED) is 0.0542. The Kier molecular flexibility index (Phi) is 23.5. The van der Waals surface area contributed by atoms with Gasteiger partial charge < -0.3 is 50.6 Å². The molecule has 17 nitrogen and oxygen atoms in total. The second-order valence-electron chi connectivity index (χ2n) is 22.7. The molecule has 15 atom stereocenters. The van der Waals surface area contributed by atoms with Gasteiger partial charge in [0.05, 0.1) is 30.3 Å². The second-order valence-corrected chi connectivity index (χ2v) is 22.7. The molecule has 2 unspecified atom stereocenters. The lowest BCUT2D eigenvalue weighted by molar-refractivity contribution is -0.179. The highest BCUT2D eigenvalue weighted by Gasteiger charge is 2.51. The van der Waals surface area contributed by atoms with Gasteiger partial charge in [0.1, 0.15) is 35.8 Å². The van der Waals surface area contributed by atoms with Crippen molar-refractivity contribution >= 4 is 35.4 Å². The first kappa shape index (κ1) is 62.4. The van der Waals surface area contributed by atoms with Gasteiger partial charge in [-0.15, -0.1) is 0 Å². The third kappa shape index (κ3) is 17.0. The number of carbonyl (C=O) groups excluding carboxylic acids is 6. The number of piperidine rings is 1. The number of Topliss-reactive ketones (excluding diaryl/α,β-unsaturated/α-hetero) is 1. The number of cyclic esters (lactones) is 1. The van der Waals surface area contributed by atoms with E-state index in [4.69, 9.17) is 9.47 Å². The van der Waals surface area contributed by atoms with Gasteiger partial charge in [-0.3, -0.25) is 29.0 Å². The van der Waals surface area contributed by atoms with Crippen LogP contribution in [0, 0.1) is 41.4 Å². The maximum absolute atomic E-state index is 14.5. The molecule has 5 rings (SSSR count). The third-order valence-electron chi connectivity index (χ3n) is 16.2. The van der Waals surface area contributed by atoms with Gasteiger partial charge in [-0.1, -0.05) is 109 Å². The maximum Gasteiger partial charge on any atom is 0.325 e. The lowest BCUT2D eigenvalue weighted by Gasteiger charge is -2.51. The fraction of sp³-hybridized carbons (Fsp3) is 0.633. The number of aliphatic hydroxyl groups excluding tert-OH is 3. The van der Waals surface area contributed by atoms with Gasteiger partial charge in [0.25, 0.3) is 5.91 Å². The van der Waals surface area contributed by atoms with Crippen molar-refractivity contribution in [2.24, 2.45) is 41.4 Å². The lowest BCUT2D eigenvalue weighted by Crippen LogP contribution is -2.64. The fourth-order valence-electron chi connectivity index (χ4n) is 10.9. The van der Waals surface area contributed by atoms with Gasteiger partial charge in [-0.05, 0) is 106 Å². The molecule has 4 aliphatic heterocycles. The summed E-state index contributed by atoms with van der Waals surface area (Å²) in [5.41, 5.74) is 4.44. The Morgan fingerprint density at radius 2 is 1.74 bits per heavy atom. The summed E-state index contributed by atoms with van der Waals surface area (Å²) < 4.78 is 13.0. The minimum atomic E-state index is -1.43. The zero-order valence-electron chi connectivity index (χ0n) is 47.1. The summed E-state index contributed by atoms with van der Waals surface area (Å²) in [6.07, 6.45) is 14.4. The molecule has 426 valence electrons. The van der Waals surface area contributed by atoms with Crippen LogP contribution in [0.15, 0.2) is 84.0 Å². The van der Waals surface area contributed by atoms with Crippen LogP contribution in [0.1, 0.15) is 139 Å². The first-order valence-corrected chi connectivity index (χ1v) is 28.0. The summed E-state index contributed by atoms with van der Waals surface area (Å²) in [6.45, 7) is 18.7. The number of phenolic OH excluding ortho intramolecular Hbond substituents is 1. The Morgan fingerprint density at radius 1 is 1.00 bits per heavy atom. The smallest absolute Gasteiger partial charge is 0.325 e. The molecule has 8 N–H and O–H groups in total.